The first-order valence-corrected chi connectivity index (χ1v) is 5.28. The Hall–Kier alpha value is -2.30. The molecule has 0 aliphatic rings. The number of aromatic amines is 1. The van der Waals surface area contributed by atoms with E-state index in [-0.39, 0.29) is 10.6 Å². The fourth-order valence-corrected chi connectivity index (χ4v) is 1.68. The maximum absolute atomic E-state index is 10.8. The summed E-state index contributed by atoms with van der Waals surface area (Å²) < 4.78 is 0. The van der Waals surface area contributed by atoms with E-state index in [0.717, 1.165) is 11.3 Å². The molecule has 88 valence electrons. The van der Waals surface area contributed by atoms with Crippen molar-refractivity contribution in [3.8, 4) is 0 Å². The molecule has 0 aliphatic carbocycles. The Labute approximate surface area is 98.6 Å². The number of aromatic nitrogens is 1. The first kappa shape index (κ1) is 11.2. The number of hydrogen-bond acceptors (Lipinski definition) is 3. The predicted octanol–water partition coefficient (Wildman–Crippen LogP) is 2.84. The molecule has 1 aromatic carbocycles. The first-order valence-electron chi connectivity index (χ1n) is 5.28. The summed E-state index contributed by atoms with van der Waals surface area (Å²) in [5, 5.41) is 14.0. The van der Waals surface area contributed by atoms with Crippen LogP contribution in [0.2, 0.25) is 0 Å². The minimum Gasteiger partial charge on any atom is -0.380 e. The van der Waals surface area contributed by atoms with E-state index in [0.29, 0.717) is 12.1 Å². The van der Waals surface area contributed by atoms with E-state index < -0.39 is 0 Å². The van der Waals surface area contributed by atoms with Crippen LogP contribution < -0.4 is 5.32 Å². The highest BCUT2D eigenvalue weighted by atomic mass is 16.6. The van der Waals surface area contributed by atoms with Crippen LogP contribution in [0.15, 0.2) is 36.7 Å². The maximum Gasteiger partial charge on any atom is 0.274 e. The number of benzene rings is 1. The monoisotopic (exact) mass is 231 g/mol. The first-order chi connectivity index (χ1) is 8.18. The van der Waals surface area contributed by atoms with Crippen LogP contribution in [0.1, 0.15) is 11.1 Å². The van der Waals surface area contributed by atoms with Gasteiger partial charge in [-0.2, -0.15) is 0 Å². The molecular weight excluding hydrogens is 218 g/mol. The maximum atomic E-state index is 10.8. The lowest BCUT2D eigenvalue weighted by atomic mass is 10.1. The molecule has 0 spiro atoms. The summed E-state index contributed by atoms with van der Waals surface area (Å²) in [5.41, 5.74) is 2.70. The Morgan fingerprint density at radius 1 is 1.41 bits per heavy atom. The van der Waals surface area contributed by atoms with E-state index in [4.69, 9.17) is 0 Å². The van der Waals surface area contributed by atoms with E-state index in [2.05, 4.69) is 10.3 Å². The van der Waals surface area contributed by atoms with Gasteiger partial charge >= 0.3 is 0 Å². The lowest BCUT2D eigenvalue weighted by Crippen LogP contribution is -2.02. The van der Waals surface area contributed by atoms with Gasteiger partial charge < -0.3 is 10.3 Å². The number of hydrogen-bond donors (Lipinski definition) is 2. The van der Waals surface area contributed by atoms with Gasteiger partial charge in [-0.05, 0) is 24.6 Å². The lowest BCUT2D eigenvalue weighted by Gasteiger charge is -2.08. The van der Waals surface area contributed by atoms with Gasteiger partial charge in [0.05, 0.1) is 4.92 Å². The fourth-order valence-electron chi connectivity index (χ4n) is 1.68. The van der Waals surface area contributed by atoms with Crippen LogP contribution in [0.5, 0.6) is 0 Å². The van der Waals surface area contributed by atoms with Crippen LogP contribution in [-0.2, 0) is 6.54 Å². The SMILES string of the molecule is Cc1c(NCc2cc[nH]c2)cccc1[N+](=O)[O-]. The van der Waals surface area contributed by atoms with Crippen LogP contribution in [0.25, 0.3) is 0 Å². The third kappa shape index (κ3) is 2.44. The third-order valence-corrected chi connectivity index (χ3v) is 2.65. The normalized spacial score (nSPS) is 10.2. The van der Waals surface area contributed by atoms with E-state index in [1.165, 1.54) is 6.07 Å². The molecule has 5 heteroatoms. The molecule has 5 nitrogen and oxygen atoms in total. The van der Waals surface area contributed by atoms with Gasteiger partial charge in [-0.1, -0.05) is 6.07 Å². The van der Waals surface area contributed by atoms with Gasteiger partial charge in [-0.25, -0.2) is 0 Å². The molecule has 0 bridgehead atoms. The van der Waals surface area contributed by atoms with Crippen molar-refractivity contribution in [2.45, 2.75) is 13.5 Å². The van der Waals surface area contributed by atoms with Gasteiger partial charge in [0.2, 0.25) is 0 Å². The molecule has 0 aliphatic heterocycles. The second kappa shape index (κ2) is 4.69. The van der Waals surface area contributed by atoms with E-state index >= 15 is 0 Å². The summed E-state index contributed by atoms with van der Waals surface area (Å²) >= 11 is 0. The number of nitrogens with zero attached hydrogens (tertiary/aromatic N) is 1. The molecular formula is C12H13N3O2. The van der Waals surface area contributed by atoms with E-state index in [1.54, 1.807) is 13.0 Å². The fraction of sp³-hybridized carbons (Fsp3) is 0.167. The topological polar surface area (TPSA) is 71.0 Å². The standard InChI is InChI=1S/C12H13N3O2/c1-9-11(3-2-4-12(9)15(16)17)14-8-10-5-6-13-7-10/h2-7,13-14H,8H2,1H3. The molecule has 0 amide bonds. The van der Waals surface area contributed by atoms with Crippen molar-refractivity contribution < 1.29 is 4.92 Å². The van der Waals surface area contributed by atoms with Crippen LogP contribution >= 0.6 is 0 Å². The van der Waals surface area contributed by atoms with Gasteiger partial charge in [0.15, 0.2) is 0 Å². The summed E-state index contributed by atoms with van der Waals surface area (Å²) in [7, 11) is 0. The van der Waals surface area contributed by atoms with Crippen LogP contribution in [-0.4, -0.2) is 9.91 Å². The third-order valence-electron chi connectivity index (χ3n) is 2.65. The number of rotatable bonds is 4. The molecule has 1 heterocycles. The quantitative estimate of drug-likeness (QED) is 0.627. The zero-order valence-electron chi connectivity index (χ0n) is 9.43. The van der Waals surface area contributed by atoms with Crippen molar-refractivity contribution in [2.75, 3.05) is 5.32 Å². The molecule has 2 aromatic rings. The largest absolute Gasteiger partial charge is 0.380 e. The van der Waals surface area contributed by atoms with Crippen molar-refractivity contribution in [3.63, 3.8) is 0 Å². The molecule has 2 N–H and O–H groups in total. The van der Waals surface area contributed by atoms with E-state index in [1.807, 2.05) is 24.5 Å². The lowest BCUT2D eigenvalue weighted by molar-refractivity contribution is -0.385. The molecule has 1 aromatic heterocycles. The molecule has 0 fully saturated rings. The van der Waals surface area contributed by atoms with Gasteiger partial charge in [-0.15, -0.1) is 0 Å². The highest BCUT2D eigenvalue weighted by molar-refractivity contribution is 5.59. The summed E-state index contributed by atoms with van der Waals surface area (Å²) in [5.74, 6) is 0. The average Bonchev–Trinajstić information content (AvgIpc) is 2.80. The van der Waals surface area contributed by atoms with Crippen LogP contribution in [0, 0.1) is 17.0 Å². The van der Waals surface area contributed by atoms with Gasteiger partial charge in [-0.3, -0.25) is 10.1 Å². The Balaban J connectivity index is 2.16. The highest BCUT2D eigenvalue weighted by Crippen LogP contribution is 2.25. The summed E-state index contributed by atoms with van der Waals surface area (Å²) in [6.07, 6.45) is 3.73. The Kier molecular flexibility index (Phi) is 3.09. The van der Waals surface area contributed by atoms with Crippen molar-refractivity contribution in [1.29, 1.82) is 0 Å². The number of H-pyrrole nitrogens is 1. The predicted molar refractivity (Wildman–Crippen MR) is 66.0 cm³/mol. The van der Waals surface area contributed by atoms with Gasteiger partial charge in [0.1, 0.15) is 0 Å². The Bertz CT molecular complexity index is 521. The molecule has 17 heavy (non-hydrogen) atoms. The van der Waals surface area contributed by atoms with Crippen LogP contribution in [0.3, 0.4) is 0 Å². The molecule has 2 rings (SSSR count). The van der Waals surface area contributed by atoms with Gasteiger partial charge in [0, 0.05) is 36.3 Å². The highest BCUT2D eigenvalue weighted by Gasteiger charge is 2.12. The summed E-state index contributed by atoms with van der Waals surface area (Å²) in [6.45, 7) is 2.39. The Morgan fingerprint density at radius 3 is 2.88 bits per heavy atom. The van der Waals surface area contributed by atoms with Crippen molar-refractivity contribution in [1.82, 2.24) is 4.98 Å². The number of nitrogens with one attached hydrogen (secondary N) is 2. The zero-order valence-corrected chi connectivity index (χ0v) is 9.43. The second-order valence-corrected chi connectivity index (χ2v) is 3.78. The smallest absolute Gasteiger partial charge is 0.274 e. The Morgan fingerprint density at radius 2 is 2.24 bits per heavy atom. The number of nitro benzene ring substituents is 1. The minimum atomic E-state index is -0.364. The minimum absolute atomic E-state index is 0.143. The second-order valence-electron chi connectivity index (χ2n) is 3.78. The number of anilines is 1. The van der Waals surface area contributed by atoms with E-state index in [9.17, 15) is 10.1 Å². The van der Waals surface area contributed by atoms with Crippen LogP contribution in [0.4, 0.5) is 11.4 Å². The van der Waals surface area contributed by atoms with Gasteiger partial charge in [0.25, 0.3) is 5.69 Å². The van der Waals surface area contributed by atoms with Crippen molar-refractivity contribution in [2.24, 2.45) is 0 Å². The average molecular weight is 231 g/mol. The molecule has 0 atom stereocenters. The molecule has 0 radical (unpaired) electrons. The summed E-state index contributed by atoms with van der Waals surface area (Å²) in [4.78, 5) is 13.4. The number of nitro groups is 1. The molecule has 0 saturated carbocycles. The summed E-state index contributed by atoms with van der Waals surface area (Å²) in [6, 6.07) is 7.00. The van der Waals surface area contributed by atoms with Crippen molar-refractivity contribution in [3.05, 3.63) is 57.9 Å². The molecule has 0 unspecified atom stereocenters. The zero-order chi connectivity index (χ0) is 12.3. The molecule has 0 saturated heterocycles. The van der Waals surface area contributed by atoms with Crippen molar-refractivity contribution >= 4 is 11.4 Å².